The lowest BCUT2D eigenvalue weighted by molar-refractivity contribution is -0.384. The number of amides is 1. The summed E-state index contributed by atoms with van der Waals surface area (Å²) < 4.78 is 0. The first-order chi connectivity index (χ1) is 8.86. The Balaban J connectivity index is 2.95. The maximum absolute atomic E-state index is 12.1. The number of carbonyl (C=O) groups excluding carboxylic acids is 1. The molecule has 0 spiro atoms. The van der Waals surface area contributed by atoms with Crippen LogP contribution in [-0.2, 0) is 4.79 Å². The predicted molar refractivity (Wildman–Crippen MR) is 73.8 cm³/mol. The fourth-order valence-corrected chi connectivity index (χ4v) is 1.77. The minimum Gasteiger partial charge on any atom is -0.330 e. The first-order valence-corrected chi connectivity index (χ1v) is 6.12. The molecule has 1 amide bonds. The molecule has 3 N–H and O–H groups in total. The van der Waals surface area contributed by atoms with Crippen LogP contribution >= 0.6 is 0 Å². The molecular weight excluding hydrogens is 246 g/mol. The molecule has 0 fully saturated rings. The average Bonchev–Trinajstić information content (AvgIpc) is 2.31. The molecule has 104 valence electrons. The van der Waals surface area contributed by atoms with Gasteiger partial charge in [0.1, 0.15) is 0 Å². The number of nitrogens with one attached hydrogen (secondary N) is 1. The quantitative estimate of drug-likeness (QED) is 0.629. The van der Waals surface area contributed by atoms with E-state index >= 15 is 0 Å². The van der Waals surface area contributed by atoms with Crippen LogP contribution in [0, 0.1) is 28.9 Å². The Morgan fingerprint density at radius 2 is 2.11 bits per heavy atom. The molecule has 6 heteroatoms. The number of benzene rings is 1. The van der Waals surface area contributed by atoms with Gasteiger partial charge in [-0.3, -0.25) is 14.9 Å². The second-order valence-corrected chi connectivity index (χ2v) is 4.83. The Morgan fingerprint density at radius 1 is 1.47 bits per heavy atom. The Labute approximate surface area is 112 Å². The number of nitro benzene ring substituents is 1. The van der Waals surface area contributed by atoms with Gasteiger partial charge in [0, 0.05) is 18.7 Å². The Bertz CT molecular complexity index is 486. The Morgan fingerprint density at radius 3 is 2.58 bits per heavy atom. The summed E-state index contributed by atoms with van der Waals surface area (Å²) in [4.78, 5) is 22.3. The van der Waals surface area contributed by atoms with Gasteiger partial charge in [-0.1, -0.05) is 19.9 Å². The van der Waals surface area contributed by atoms with Crippen molar-refractivity contribution in [3.8, 4) is 0 Å². The standard InChI is InChI=1S/C13H19N3O3/c1-8(2)11(7-14)13(17)15-12-6-10(16(18)19)5-4-9(12)3/h4-6,8,11H,7,14H2,1-3H3,(H,15,17). The second-order valence-electron chi connectivity index (χ2n) is 4.83. The smallest absolute Gasteiger partial charge is 0.271 e. The molecule has 0 saturated heterocycles. The van der Waals surface area contributed by atoms with E-state index < -0.39 is 4.92 Å². The zero-order valence-corrected chi connectivity index (χ0v) is 11.3. The summed E-state index contributed by atoms with van der Waals surface area (Å²) in [6.45, 7) is 5.86. The number of aryl methyl sites for hydroxylation is 1. The van der Waals surface area contributed by atoms with Crippen LogP contribution in [0.3, 0.4) is 0 Å². The zero-order chi connectivity index (χ0) is 14.6. The molecule has 0 radical (unpaired) electrons. The topological polar surface area (TPSA) is 98.3 Å². The van der Waals surface area contributed by atoms with Gasteiger partial charge in [0.25, 0.3) is 5.69 Å². The van der Waals surface area contributed by atoms with Gasteiger partial charge in [-0.25, -0.2) is 0 Å². The van der Waals surface area contributed by atoms with Crippen LogP contribution in [0.15, 0.2) is 18.2 Å². The van der Waals surface area contributed by atoms with Crippen molar-refractivity contribution in [2.75, 3.05) is 11.9 Å². The summed E-state index contributed by atoms with van der Waals surface area (Å²) in [5, 5.41) is 13.4. The minimum absolute atomic E-state index is 0.0465. The predicted octanol–water partition coefficient (Wildman–Crippen LogP) is 2.07. The van der Waals surface area contributed by atoms with Crippen LogP contribution in [0.1, 0.15) is 19.4 Å². The van der Waals surface area contributed by atoms with Gasteiger partial charge in [-0.05, 0) is 18.4 Å². The summed E-state index contributed by atoms with van der Waals surface area (Å²) in [6.07, 6.45) is 0. The SMILES string of the molecule is Cc1ccc([N+](=O)[O-])cc1NC(=O)C(CN)C(C)C. The van der Waals surface area contributed by atoms with E-state index in [1.165, 1.54) is 12.1 Å². The maximum Gasteiger partial charge on any atom is 0.271 e. The summed E-state index contributed by atoms with van der Waals surface area (Å²) in [6, 6.07) is 4.38. The average molecular weight is 265 g/mol. The monoisotopic (exact) mass is 265 g/mol. The molecule has 0 aliphatic heterocycles. The zero-order valence-electron chi connectivity index (χ0n) is 11.3. The highest BCUT2D eigenvalue weighted by atomic mass is 16.6. The fourth-order valence-electron chi connectivity index (χ4n) is 1.77. The van der Waals surface area contributed by atoms with Crippen molar-refractivity contribution >= 4 is 17.3 Å². The van der Waals surface area contributed by atoms with Crippen LogP contribution in [0.25, 0.3) is 0 Å². The van der Waals surface area contributed by atoms with Crippen molar-refractivity contribution in [3.63, 3.8) is 0 Å². The van der Waals surface area contributed by atoms with Crippen molar-refractivity contribution in [1.29, 1.82) is 0 Å². The van der Waals surface area contributed by atoms with E-state index in [9.17, 15) is 14.9 Å². The van der Waals surface area contributed by atoms with Crippen molar-refractivity contribution in [2.24, 2.45) is 17.6 Å². The molecule has 0 heterocycles. The van der Waals surface area contributed by atoms with Gasteiger partial charge in [-0.15, -0.1) is 0 Å². The number of nitrogens with zero attached hydrogens (tertiary/aromatic N) is 1. The lowest BCUT2D eigenvalue weighted by Crippen LogP contribution is -2.33. The number of non-ortho nitro benzene ring substituents is 1. The van der Waals surface area contributed by atoms with E-state index in [1.54, 1.807) is 13.0 Å². The normalized spacial score (nSPS) is 12.3. The van der Waals surface area contributed by atoms with Gasteiger partial charge < -0.3 is 11.1 Å². The molecule has 1 aromatic carbocycles. The van der Waals surface area contributed by atoms with E-state index in [0.29, 0.717) is 5.69 Å². The van der Waals surface area contributed by atoms with Crippen LogP contribution in [-0.4, -0.2) is 17.4 Å². The molecule has 19 heavy (non-hydrogen) atoms. The number of nitrogens with two attached hydrogens (primary N) is 1. The highest BCUT2D eigenvalue weighted by molar-refractivity contribution is 5.93. The van der Waals surface area contributed by atoms with Crippen molar-refractivity contribution in [1.82, 2.24) is 0 Å². The van der Waals surface area contributed by atoms with Crippen LogP contribution < -0.4 is 11.1 Å². The molecule has 1 atom stereocenters. The van der Waals surface area contributed by atoms with E-state index in [-0.39, 0.29) is 30.0 Å². The molecule has 0 aromatic heterocycles. The van der Waals surface area contributed by atoms with E-state index in [2.05, 4.69) is 5.32 Å². The summed E-state index contributed by atoms with van der Waals surface area (Å²) in [5.41, 5.74) is 6.76. The highest BCUT2D eigenvalue weighted by Gasteiger charge is 2.21. The third-order valence-corrected chi connectivity index (χ3v) is 3.09. The van der Waals surface area contributed by atoms with Gasteiger partial charge >= 0.3 is 0 Å². The van der Waals surface area contributed by atoms with Crippen LogP contribution in [0.2, 0.25) is 0 Å². The van der Waals surface area contributed by atoms with Gasteiger partial charge in [0.15, 0.2) is 0 Å². The first-order valence-electron chi connectivity index (χ1n) is 6.12. The van der Waals surface area contributed by atoms with E-state index in [4.69, 9.17) is 5.73 Å². The lowest BCUT2D eigenvalue weighted by Gasteiger charge is -2.18. The Hall–Kier alpha value is -1.95. The van der Waals surface area contributed by atoms with E-state index in [1.807, 2.05) is 13.8 Å². The minimum atomic E-state index is -0.488. The molecule has 0 bridgehead atoms. The lowest BCUT2D eigenvalue weighted by atomic mass is 9.95. The van der Waals surface area contributed by atoms with Gasteiger partial charge in [0.2, 0.25) is 5.91 Å². The van der Waals surface area contributed by atoms with Crippen molar-refractivity contribution in [2.45, 2.75) is 20.8 Å². The summed E-state index contributed by atoms with van der Waals surface area (Å²) in [5.74, 6) is -0.399. The highest BCUT2D eigenvalue weighted by Crippen LogP contribution is 2.23. The third kappa shape index (κ3) is 3.75. The molecular formula is C13H19N3O3. The molecule has 1 unspecified atom stereocenters. The summed E-state index contributed by atoms with van der Waals surface area (Å²) in [7, 11) is 0. The number of anilines is 1. The fraction of sp³-hybridized carbons (Fsp3) is 0.462. The number of rotatable bonds is 5. The number of nitro groups is 1. The van der Waals surface area contributed by atoms with Crippen molar-refractivity contribution in [3.05, 3.63) is 33.9 Å². The largest absolute Gasteiger partial charge is 0.330 e. The number of hydrogen-bond donors (Lipinski definition) is 2. The molecule has 6 nitrogen and oxygen atoms in total. The molecule has 0 saturated carbocycles. The molecule has 0 aliphatic carbocycles. The summed E-state index contributed by atoms with van der Waals surface area (Å²) >= 11 is 0. The molecule has 1 aromatic rings. The maximum atomic E-state index is 12.1. The number of hydrogen-bond acceptors (Lipinski definition) is 4. The second kappa shape index (κ2) is 6.29. The van der Waals surface area contributed by atoms with Crippen LogP contribution in [0.5, 0.6) is 0 Å². The first kappa shape index (κ1) is 15.1. The van der Waals surface area contributed by atoms with Gasteiger partial charge in [0.05, 0.1) is 16.5 Å². The van der Waals surface area contributed by atoms with Gasteiger partial charge in [-0.2, -0.15) is 0 Å². The molecule has 1 rings (SSSR count). The van der Waals surface area contributed by atoms with E-state index in [0.717, 1.165) is 5.56 Å². The molecule has 0 aliphatic rings. The Kier molecular flexibility index (Phi) is 5.00. The van der Waals surface area contributed by atoms with Crippen LogP contribution in [0.4, 0.5) is 11.4 Å². The third-order valence-electron chi connectivity index (χ3n) is 3.09. The van der Waals surface area contributed by atoms with Crippen molar-refractivity contribution < 1.29 is 9.72 Å². The number of carbonyl (C=O) groups is 1.